The number of ether oxygens (including phenoxy) is 1. The third-order valence-corrected chi connectivity index (χ3v) is 2.94. The fourth-order valence-electron chi connectivity index (χ4n) is 1.69. The summed E-state index contributed by atoms with van der Waals surface area (Å²) >= 11 is 0. The van der Waals surface area contributed by atoms with Gasteiger partial charge < -0.3 is 10.1 Å². The van der Waals surface area contributed by atoms with Gasteiger partial charge in [-0.2, -0.15) is 8.78 Å². The quantitative estimate of drug-likeness (QED) is 0.813. The minimum Gasteiger partial charge on any atom is -0.435 e. The standard InChI is InChI=1S/C13H20F2N2O/c1-10(17(3)8-7-16-2)11-5-4-6-12(9-11)18-13(14)15/h4-6,9-10,13,16H,7-8H2,1-3H3. The first-order chi connectivity index (χ1) is 8.54. The largest absolute Gasteiger partial charge is 0.435 e. The average Bonchev–Trinajstić information content (AvgIpc) is 2.34. The summed E-state index contributed by atoms with van der Waals surface area (Å²) in [6.45, 7) is 1.03. The molecule has 5 heteroatoms. The molecule has 1 aromatic rings. The fraction of sp³-hybridized carbons (Fsp3) is 0.538. The van der Waals surface area contributed by atoms with Gasteiger partial charge in [-0.25, -0.2) is 0 Å². The maximum Gasteiger partial charge on any atom is 0.387 e. The van der Waals surface area contributed by atoms with Crippen molar-refractivity contribution in [2.24, 2.45) is 0 Å². The van der Waals surface area contributed by atoms with E-state index in [-0.39, 0.29) is 11.8 Å². The van der Waals surface area contributed by atoms with Gasteiger partial charge in [-0.3, -0.25) is 4.90 Å². The van der Waals surface area contributed by atoms with Gasteiger partial charge in [-0.15, -0.1) is 0 Å². The number of nitrogens with one attached hydrogen (secondary N) is 1. The third-order valence-electron chi connectivity index (χ3n) is 2.94. The summed E-state index contributed by atoms with van der Waals surface area (Å²) in [6.07, 6.45) is 0. The Bertz CT molecular complexity index is 361. The van der Waals surface area contributed by atoms with Crippen LogP contribution in [0, 0.1) is 0 Å². The molecule has 1 rings (SSSR count). The molecule has 0 aliphatic heterocycles. The molecule has 0 saturated carbocycles. The van der Waals surface area contributed by atoms with Crippen LogP contribution in [0.25, 0.3) is 0 Å². The molecule has 1 aromatic carbocycles. The van der Waals surface area contributed by atoms with Crippen LogP contribution in [-0.4, -0.2) is 38.7 Å². The molecule has 0 spiro atoms. The Balaban J connectivity index is 2.69. The van der Waals surface area contributed by atoms with E-state index in [4.69, 9.17) is 0 Å². The van der Waals surface area contributed by atoms with Crippen LogP contribution < -0.4 is 10.1 Å². The van der Waals surface area contributed by atoms with Crippen molar-refractivity contribution in [2.75, 3.05) is 27.2 Å². The lowest BCUT2D eigenvalue weighted by atomic mass is 10.1. The SMILES string of the molecule is CNCCN(C)C(C)c1cccc(OC(F)F)c1. The summed E-state index contributed by atoms with van der Waals surface area (Å²) in [4.78, 5) is 2.15. The second-order valence-corrected chi connectivity index (χ2v) is 4.21. The van der Waals surface area contributed by atoms with Gasteiger partial charge >= 0.3 is 6.61 Å². The smallest absolute Gasteiger partial charge is 0.387 e. The molecule has 0 fully saturated rings. The Morgan fingerprint density at radius 3 is 2.72 bits per heavy atom. The first-order valence-electron chi connectivity index (χ1n) is 5.94. The molecule has 18 heavy (non-hydrogen) atoms. The van der Waals surface area contributed by atoms with Crippen molar-refractivity contribution in [3.05, 3.63) is 29.8 Å². The number of benzene rings is 1. The monoisotopic (exact) mass is 258 g/mol. The second kappa shape index (κ2) is 7.28. The van der Waals surface area contributed by atoms with Crippen LogP contribution in [0.5, 0.6) is 5.75 Å². The van der Waals surface area contributed by atoms with Gasteiger partial charge in [0.2, 0.25) is 0 Å². The molecule has 0 aliphatic rings. The van der Waals surface area contributed by atoms with Gasteiger partial charge in [-0.1, -0.05) is 12.1 Å². The van der Waals surface area contributed by atoms with Crippen molar-refractivity contribution in [3.63, 3.8) is 0 Å². The summed E-state index contributed by atoms with van der Waals surface area (Å²) < 4.78 is 28.7. The molecule has 0 radical (unpaired) electrons. The van der Waals surface area contributed by atoms with E-state index in [1.54, 1.807) is 12.1 Å². The van der Waals surface area contributed by atoms with Gasteiger partial charge in [0.25, 0.3) is 0 Å². The van der Waals surface area contributed by atoms with Crippen molar-refractivity contribution < 1.29 is 13.5 Å². The van der Waals surface area contributed by atoms with Gasteiger partial charge in [0.1, 0.15) is 5.75 Å². The maximum atomic E-state index is 12.1. The summed E-state index contributed by atoms with van der Waals surface area (Å²) in [5, 5.41) is 3.08. The topological polar surface area (TPSA) is 24.5 Å². The Morgan fingerprint density at radius 1 is 1.39 bits per heavy atom. The summed E-state index contributed by atoms with van der Waals surface area (Å²) in [6, 6.07) is 7.00. The molecule has 0 bridgehead atoms. The van der Waals surface area contributed by atoms with Crippen molar-refractivity contribution in [3.8, 4) is 5.75 Å². The molecule has 3 nitrogen and oxygen atoms in total. The van der Waals surface area contributed by atoms with E-state index in [0.717, 1.165) is 18.7 Å². The van der Waals surface area contributed by atoms with Crippen molar-refractivity contribution >= 4 is 0 Å². The predicted molar refractivity (Wildman–Crippen MR) is 68.0 cm³/mol. The minimum atomic E-state index is -2.78. The second-order valence-electron chi connectivity index (χ2n) is 4.21. The van der Waals surface area contributed by atoms with Crippen LogP contribution in [0.15, 0.2) is 24.3 Å². The molecule has 0 saturated heterocycles. The Hall–Kier alpha value is -1.20. The fourth-order valence-corrected chi connectivity index (χ4v) is 1.69. The van der Waals surface area contributed by atoms with Gasteiger partial charge in [0.05, 0.1) is 0 Å². The zero-order valence-electron chi connectivity index (χ0n) is 11.0. The Kier molecular flexibility index (Phi) is 6.01. The number of hydrogen-bond acceptors (Lipinski definition) is 3. The summed E-state index contributed by atoms with van der Waals surface area (Å²) in [7, 11) is 3.90. The predicted octanol–water partition coefficient (Wildman–Crippen LogP) is 2.50. The Morgan fingerprint density at radius 2 is 2.11 bits per heavy atom. The van der Waals surface area contributed by atoms with E-state index < -0.39 is 6.61 Å². The van der Waals surface area contributed by atoms with E-state index >= 15 is 0 Å². The average molecular weight is 258 g/mol. The number of hydrogen-bond donors (Lipinski definition) is 1. The lowest BCUT2D eigenvalue weighted by Crippen LogP contribution is -2.29. The number of likely N-dealkylation sites (N-methyl/N-ethyl adjacent to an activating group) is 2. The van der Waals surface area contributed by atoms with E-state index in [9.17, 15) is 8.78 Å². The molecule has 0 amide bonds. The normalized spacial score (nSPS) is 13.1. The molecule has 1 atom stereocenters. The highest BCUT2D eigenvalue weighted by Crippen LogP contribution is 2.23. The van der Waals surface area contributed by atoms with Crippen LogP contribution in [-0.2, 0) is 0 Å². The number of alkyl halides is 2. The van der Waals surface area contributed by atoms with Crippen molar-refractivity contribution in [2.45, 2.75) is 19.6 Å². The van der Waals surface area contributed by atoms with Crippen molar-refractivity contribution in [1.29, 1.82) is 0 Å². The zero-order chi connectivity index (χ0) is 13.5. The minimum absolute atomic E-state index is 0.152. The summed E-state index contributed by atoms with van der Waals surface area (Å²) in [5.41, 5.74) is 0.965. The molecular weight excluding hydrogens is 238 g/mol. The lowest BCUT2D eigenvalue weighted by Gasteiger charge is -2.25. The van der Waals surface area contributed by atoms with E-state index in [0.29, 0.717) is 0 Å². The van der Waals surface area contributed by atoms with E-state index in [2.05, 4.69) is 15.0 Å². The number of rotatable bonds is 7. The van der Waals surface area contributed by atoms with Crippen LogP contribution in [0.3, 0.4) is 0 Å². The highest BCUT2D eigenvalue weighted by atomic mass is 19.3. The summed E-state index contributed by atoms with van der Waals surface area (Å²) in [5.74, 6) is 0.205. The highest BCUT2D eigenvalue weighted by Gasteiger charge is 2.12. The third kappa shape index (κ3) is 4.58. The van der Waals surface area contributed by atoms with E-state index in [1.165, 1.54) is 6.07 Å². The first kappa shape index (κ1) is 14.9. The molecule has 0 aromatic heterocycles. The van der Waals surface area contributed by atoms with Crippen LogP contribution in [0.1, 0.15) is 18.5 Å². The van der Waals surface area contributed by atoms with Crippen LogP contribution >= 0.6 is 0 Å². The molecule has 0 aliphatic carbocycles. The molecule has 1 N–H and O–H groups in total. The number of halogens is 2. The molecule has 1 unspecified atom stereocenters. The van der Waals surface area contributed by atoms with Crippen LogP contribution in [0.4, 0.5) is 8.78 Å². The molecule has 102 valence electrons. The van der Waals surface area contributed by atoms with Gasteiger partial charge in [0, 0.05) is 19.1 Å². The van der Waals surface area contributed by atoms with Crippen LogP contribution in [0.2, 0.25) is 0 Å². The lowest BCUT2D eigenvalue weighted by molar-refractivity contribution is -0.0499. The number of nitrogens with zero attached hydrogens (tertiary/aromatic N) is 1. The first-order valence-corrected chi connectivity index (χ1v) is 5.94. The Labute approximate surface area is 107 Å². The molecular formula is C13H20F2N2O. The zero-order valence-corrected chi connectivity index (χ0v) is 11.0. The van der Waals surface area contributed by atoms with Gasteiger partial charge in [0.15, 0.2) is 0 Å². The van der Waals surface area contributed by atoms with Gasteiger partial charge in [-0.05, 0) is 38.7 Å². The highest BCUT2D eigenvalue weighted by molar-refractivity contribution is 5.30. The maximum absolute atomic E-state index is 12.1. The van der Waals surface area contributed by atoms with E-state index in [1.807, 2.05) is 27.1 Å². The molecule has 0 heterocycles. The van der Waals surface area contributed by atoms with Crippen molar-refractivity contribution in [1.82, 2.24) is 10.2 Å².